The summed E-state index contributed by atoms with van der Waals surface area (Å²) < 4.78 is 0. The van der Waals surface area contributed by atoms with Crippen LogP contribution >= 0.6 is 11.3 Å². The summed E-state index contributed by atoms with van der Waals surface area (Å²) in [7, 11) is 0. The van der Waals surface area contributed by atoms with Crippen molar-refractivity contribution in [2.75, 3.05) is 0 Å². The molecule has 1 unspecified atom stereocenters. The minimum Gasteiger partial charge on any atom is -0.300 e. The van der Waals surface area contributed by atoms with Gasteiger partial charge in [-0.2, -0.15) is 0 Å². The fraction of sp³-hybridized carbons (Fsp3) is 0.583. The summed E-state index contributed by atoms with van der Waals surface area (Å²) in [6.07, 6.45) is 3.58. The minimum atomic E-state index is 0.389. The van der Waals surface area contributed by atoms with Gasteiger partial charge in [-0.25, -0.2) is 0 Å². The Kier molecular flexibility index (Phi) is 4.88. The number of Topliss-reactive ketones (excluding diaryl/α,β-unsaturated/α-hetero) is 1. The first-order chi connectivity index (χ1) is 6.77. The zero-order valence-corrected chi connectivity index (χ0v) is 9.77. The van der Waals surface area contributed by atoms with Crippen LogP contribution in [0.25, 0.3) is 0 Å². The highest BCUT2D eigenvalue weighted by atomic mass is 32.1. The topological polar surface area (TPSA) is 17.1 Å². The van der Waals surface area contributed by atoms with Crippen molar-refractivity contribution >= 4 is 17.1 Å². The maximum Gasteiger partial charge on any atom is 0.132 e. The molecule has 0 amide bonds. The molecule has 0 aliphatic rings. The molecular formula is C12H18OS. The lowest BCUT2D eigenvalue weighted by Gasteiger charge is -2.11. The van der Waals surface area contributed by atoms with E-state index in [9.17, 15) is 4.79 Å². The largest absolute Gasteiger partial charge is 0.300 e. The molecule has 14 heavy (non-hydrogen) atoms. The molecule has 0 aliphatic heterocycles. The fourth-order valence-corrected chi connectivity index (χ4v) is 2.53. The molecule has 0 bridgehead atoms. The molecule has 0 saturated heterocycles. The van der Waals surface area contributed by atoms with Gasteiger partial charge in [0.2, 0.25) is 0 Å². The number of hydrogen-bond donors (Lipinski definition) is 0. The molecule has 0 fully saturated rings. The smallest absolute Gasteiger partial charge is 0.132 e. The van der Waals surface area contributed by atoms with Crippen molar-refractivity contribution in [3.63, 3.8) is 0 Å². The van der Waals surface area contributed by atoms with Gasteiger partial charge in [0.1, 0.15) is 5.78 Å². The van der Waals surface area contributed by atoms with E-state index in [1.165, 1.54) is 4.88 Å². The van der Waals surface area contributed by atoms with E-state index in [0.29, 0.717) is 18.1 Å². The van der Waals surface area contributed by atoms with Crippen LogP contribution in [-0.4, -0.2) is 5.78 Å². The first-order valence-electron chi connectivity index (χ1n) is 5.33. The predicted molar refractivity (Wildman–Crippen MR) is 61.9 cm³/mol. The SMILES string of the molecule is CCC(=O)CCC(CC)c1cccs1. The zero-order valence-electron chi connectivity index (χ0n) is 8.95. The summed E-state index contributed by atoms with van der Waals surface area (Å²) >= 11 is 1.80. The highest BCUT2D eigenvalue weighted by Crippen LogP contribution is 2.28. The van der Waals surface area contributed by atoms with Crippen molar-refractivity contribution < 1.29 is 4.79 Å². The Bertz CT molecular complexity index is 264. The molecule has 0 aliphatic carbocycles. The third kappa shape index (κ3) is 3.26. The number of hydrogen-bond acceptors (Lipinski definition) is 2. The van der Waals surface area contributed by atoms with Gasteiger partial charge in [0.25, 0.3) is 0 Å². The van der Waals surface area contributed by atoms with E-state index < -0.39 is 0 Å². The lowest BCUT2D eigenvalue weighted by atomic mass is 9.97. The van der Waals surface area contributed by atoms with E-state index in [1.807, 2.05) is 6.92 Å². The van der Waals surface area contributed by atoms with E-state index in [4.69, 9.17) is 0 Å². The van der Waals surface area contributed by atoms with Crippen molar-refractivity contribution in [3.8, 4) is 0 Å². The fourth-order valence-electron chi connectivity index (χ4n) is 1.58. The minimum absolute atomic E-state index is 0.389. The molecule has 78 valence electrons. The van der Waals surface area contributed by atoms with Gasteiger partial charge in [0.15, 0.2) is 0 Å². The van der Waals surface area contributed by atoms with E-state index in [-0.39, 0.29) is 0 Å². The monoisotopic (exact) mass is 210 g/mol. The Labute approximate surface area is 90.2 Å². The van der Waals surface area contributed by atoms with Gasteiger partial charge >= 0.3 is 0 Å². The average molecular weight is 210 g/mol. The summed E-state index contributed by atoms with van der Waals surface area (Å²) in [6.45, 7) is 4.13. The zero-order chi connectivity index (χ0) is 10.4. The van der Waals surface area contributed by atoms with Gasteiger partial charge in [-0.3, -0.25) is 4.79 Å². The molecule has 1 aromatic heterocycles. The van der Waals surface area contributed by atoms with E-state index in [2.05, 4.69) is 24.4 Å². The van der Waals surface area contributed by atoms with Gasteiger partial charge in [-0.15, -0.1) is 11.3 Å². The van der Waals surface area contributed by atoms with E-state index >= 15 is 0 Å². The molecule has 1 heterocycles. The predicted octanol–water partition coefficient (Wildman–Crippen LogP) is 4.00. The van der Waals surface area contributed by atoms with Crippen molar-refractivity contribution in [1.29, 1.82) is 0 Å². The first-order valence-corrected chi connectivity index (χ1v) is 6.21. The number of carbonyl (C=O) groups excluding carboxylic acids is 1. The second-order valence-electron chi connectivity index (χ2n) is 3.55. The maximum atomic E-state index is 11.2. The van der Waals surface area contributed by atoms with Gasteiger partial charge < -0.3 is 0 Å². The summed E-state index contributed by atoms with van der Waals surface area (Å²) in [5.41, 5.74) is 0. The second kappa shape index (κ2) is 5.97. The highest BCUT2D eigenvalue weighted by molar-refractivity contribution is 7.10. The van der Waals surface area contributed by atoms with Crippen LogP contribution in [0.2, 0.25) is 0 Å². The molecule has 1 atom stereocenters. The average Bonchev–Trinajstić information content (AvgIpc) is 2.72. The van der Waals surface area contributed by atoms with Gasteiger partial charge in [0, 0.05) is 17.7 Å². The summed E-state index contributed by atoms with van der Waals surface area (Å²) in [5.74, 6) is 0.977. The maximum absolute atomic E-state index is 11.2. The van der Waals surface area contributed by atoms with Crippen molar-refractivity contribution in [2.24, 2.45) is 0 Å². The third-order valence-electron chi connectivity index (χ3n) is 2.60. The molecule has 1 aromatic rings. The Balaban J connectivity index is 2.44. The number of rotatable bonds is 6. The Hall–Kier alpha value is -0.630. The van der Waals surface area contributed by atoms with Crippen LogP contribution in [0, 0.1) is 0 Å². The first kappa shape index (κ1) is 11.4. The molecule has 0 aromatic carbocycles. The Morgan fingerprint density at radius 3 is 2.79 bits per heavy atom. The van der Waals surface area contributed by atoms with Crippen LogP contribution in [0.5, 0.6) is 0 Å². The van der Waals surface area contributed by atoms with Crippen LogP contribution in [0.4, 0.5) is 0 Å². The summed E-state index contributed by atoms with van der Waals surface area (Å²) in [5, 5.41) is 2.11. The third-order valence-corrected chi connectivity index (χ3v) is 3.64. The Morgan fingerprint density at radius 2 is 2.29 bits per heavy atom. The summed E-state index contributed by atoms with van der Waals surface area (Å²) in [4.78, 5) is 12.6. The second-order valence-corrected chi connectivity index (χ2v) is 4.53. The van der Waals surface area contributed by atoms with Crippen molar-refractivity contribution in [3.05, 3.63) is 22.4 Å². The van der Waals surface area contributed by atoms with Gasteiger partial charge in [0.05, 0.1) is 0 Å². The number of ketones is 1. The van der Waals surface area contributed by atoms with Crippen molar-refractivity contribution in [2.45, 2.75) is 45.4 Å². The lowest BCUT2D eigenvalue weighted by Crippen LogP contribution is -2.00. The van der Waals surface area contributed by atoms with Gasteiger partial charge in [-0.1, -0.05) is 19.9 Å². The molecule has 0 spiro atoms. The molecule has 2 heteroatoms. The van der Waals surface area contributed by atoms with Crippen LogP contribution in [0.1, 0.15) is 50.3 Å². The van der Waals surface area contributed by atoms with Crippen LogP contribution in [0.3, 0.4) is 0 Å². The van der Waals surface area contributed by atoms with Crippen LogP contribution in [0.15, 0.2) is 17.5 Å². The van der Waals surface area contributed by atoms with E-state index in [1.54, 1.807) is 11.3 Å². The molecule has 1 nitrogen and oxygen atoms in total. The van der Waals surface area contributed by atoms with Crippen LogP contribution < -0.4 is 0 Å². The Morgan fingerprint density at radius 1 is 1.50 bits per heavy atom. The van der Waals surface area contributed by atoms with Crippen LogP contribution in [-0.2, 0) is 4.79 Å². The lowest BCUT2D eigenvalue weighted by molar-refractivity contribution is -0.118. The molecule has 0 radical (unpaired) electrons. The summed E-state index contributed by atoms with van der Waals surface area (Å²) in [6, 6.07) is 4.26. The molecule has 1 rings (SSSR count). The molecular weight excluding hydrogens is 192 g/mol. The van der Waals surface area contributed by atoms with Gasteiger partial charge in [-0.05, 0) is 30.2 Å². The van der Waals surface area contributed by atoms with Crippen molar-refractivity contribution in [1.82, 2.24) is 0 Å². The number of thiophene rings is 1. The molecule has 0 saturated carbocycles. The number of carbonyl (C=O) groups is 1. The normalized spacial score (nSPS) is 12.7. The van der Waals surface area contributed by atoms with E-state index in [0.717, 1.165) is 19.3 Å². The standard InChI is InChI=1S/C12H18OS/c1-3-10(7-8-11(13)4-2)12-6-5-9-14-12/h5-6,9-10H,3-4,7-8H2,1-2H3. The quantitative estimate of drug-likeness (QED) is 0.693. The molecule has 0 N–H and O–H groups in total. The highest BCUT2D eigenvalue weighted by Gasteiger charge is 2.11.